The van der Waals surface area contributed by atoms with Crippen LogP contribution in [0.25, 0.3) is 0 Å². The summed E-state index contributed by atoms with van der Waals surface area (Å²) in [5, 5.41) is 2.79. The second-order valence-electron chi connectivity index (χ2n) is 2.87. The van der Waals surface area contributed by atoms with E-state index in [1.807, 2.05) is 0 Å². The van der Waals surface area contributed by atoms with Crippen molar-refractivity contribution in [3.05, 3.63) is 0 Å². The van der Waals surface area contributed by atoms with Crippen molar-refractivity contribution in [3.63, 3.8) is 0 Å². The van der Waals surface area contributed by atoms with Crippen LogP contribution in [0, 0.1) is 5.92 Å². The van der Waals surface area contributed by atoms with E-state index in [2.05, 4.69) is 5.32 Å². The average Bonchev–Trinajstić information content (AvgIpc) is 2.03. The predicted molar refractivity (Wildman–Crippen MR) is 41.0 cm³/mol. The highest BCUT2D eigenvalue weighted by molar-refractivity contribution is 5.79. The maximum Gasteiger partial charge on any atom is 0.223 e. The van der Waals surface area contributed by atoms with Gasteiger partial charge in [-0.15, -0.1) is 0 Å². The van der Waals surface area contributed by atoms with Crippen molar-refractivity contribution in [2.45, 2.75) is 25.7 Å². The molecule has 1 atom stereocenters. The highest BCUT2D eigenvalue weighted by Gasteiger charge is 2.20. The molecule has 0 aromatic heterocycles. The number of piperidine rings is 1. The Labute approximate surface area is 66.2 Å². The van der Waals surface area contributed by atoms with Crippen LogP contribution in [0.1, 0.15) is 25.7 Å². The van der Waals surface area contributed by atoms with Gasteiger partial charge in [0.25, 0.3) is 0 Å². The molecule has 1 rings (SSSR count). The van der Waals surface area contributed by atoms with Crippen molar-refractivity contribution in [2.75, 3.05) is 6.54 Å². The molecular formula is C8H13NO2. The summed E-state index contributed by atoms with van der Waals surface area (Å²) in [6, 6.07) is 0. The van der Waals surface area contributed by atoms with Crippen LogP contribution in [0.2, 0.25) is 0 Å². The van der Waals surface area contributed by atoms with Gasteiger partial charge in [-0.1, -0.05) is 0 Å². The van der Waals surface area contributed by atoms with Crippen LogP contribution >= 0.6 is 0 Å². The Morgan fingerprint density at radius 2 is 2.45 bits per heavy atom. The van der Waals surface area contributed by atoms with Crippen molar-refractivity contribution in [1.29, 1.82) is 0 Å². The van der Waals surface area contributed by atoms with E-state index in [0.29, 0.717) is 6.42 Å². The molecule has 1 N–H and O–H groups in total. The average molecular weight is 155 g/mol. The molecule has 3 heteroatoms. The first-order valence-electron chi connectivity index (χ1n) is 4.06. The standard InChI is InChI=1S/C8H13NO2/c10-6-2-4-7-3-1-5-9-8(7)11/h6-7H,1-5H2,(H,9,11)/t7-/m0/s1. The predicted octanol–water partition coefficient (Wildman–Crippen LogP) is 0.492. The third-order valence-electron chi connectivity index (χ3n) is 2.03. The van der Waals surface area contributed by atoms with E-state index >= 15 is 0 Å². The van der Waals surface area contributed by atoms with Gasteiger partial charge in [-0.2, -0.15) is 0 Å². The van der Waals surface area contributed by atoms with E-state index in [4.69, 9.17) is 0 Å². The Morgan fingerprint density at radius 1 is 1.64 bits per heavy atom. The summed E-state index contributed by atoms with van der Waals surface area (Å²) in [6.07, 6.45) is 4.10. The number of hydrogen-bond acceptors (Lipinski definition) is 2. The van der Waals surface area contributed by atoms with Crippen LogP contribution in [0.3, 0.4) is 0 Å². The first-order valence-corrected chi connectivity index (χ1v) is 4.06. The molecule has 0 unspecified atom stereocenters. The molecule has 3 nitrogen and oxygen atoms in total. The van der Waals surface area contributed by atoms with Crippen molar-refractivity contribution in [3.8, 4) is 0 Å². The number of rotatable bonds is 3. The van der Waals surface area contributed by atoms with E-state index in [1.54, 1.807) is 0 Å². The maximum absolute atomic E-state index is 11.1. The molecule has 62 valence electrons. The molecule has 0 spiro atoms. The molecule has 0 saturated carbocycles. The number of carbonyl (C=O) groups is 2. The Morgan fingerprint density at radius 3 is 3.09 bits per heavy atom. The third kappa shape index (κ3) is 2.33. The molecular weight excluding hydrogens is 142 g/mol. The lowest BCUT2D eigenvalue weighted by atomic mass is 9.94. The largest absolute Gasteiger partial charge is 0.356 e. The molecule has 1 saturated heterocycles. The Bertz CT molecular complexity index is 156. The van der Waals surface area contributed by atoms with Crippen LogP contribution in [-0.4, -0.2) is 18.7 Å². The van der Waals surface area contributed by atoms with Gasteiger partial charge in [0.1, 0.15) is 6.29 Å². The van der Waals surface area contributed by atoms with E-state index in [1.165, 1.54) is 0 Å². The molecule has 1 aliphatic rings. The van der Waals surface area contributed by atoms with Crippen LogP contribution in [-0.2, 0) is 9.59 Å². The minimum Gasteiger partial charge on any atom is -0.356 e. The molecule has 1 aliphatic heterocycles. The maximum atomic E-state index is 11.1. The number of aldehydes is 1. The van der Waals surface area contributed by atoms with Gasteiger partial charge in [0.15, 0.2) is 0 Å². The Balaban J connectivity index is 2.29. The molecule has 1 amide bonds. The Kier molecular flexibility index (Phi) is 3.08. The molecule has 1 heterocycles. The zero-order valence-electron chi connectivity index (χ0n) is 6.51. The van der Waals surface area contributed by atoms with Gasteiger partial charge in [0.2, 0.25) is 5.91 Å². The second kappa shape index (κ2) is 4.11. The van der Waals surface area contributed by atoms with Crippen molar-refractivity contribution < 1.29 is 9.59 Å². The van der Waals surface area contributed by atoms with Gasteiger partial charge in [-0.25, -0.2) is 0 Å². The zero-order chi connectivity index (χ0) is 8.10. The van der Waals surface area contributed by atoms with Crippen LogP contribution < -0.4 is 5.32 Å². The summed E-state index contributed by atoms with van der Waals surface area (Å²) in [4.78, 5) is 21.1. The molecule has 11 heavy (non-hydrogen) atoms. The lowest BCUT2D eigenvalue weighted by Crippen LogP contribution is -2.36. The SMILES string of the molecule is O=CCC[C@@H]1CCCNC1=O. The van der Waals surface area contributed by atoms with Crippen molar-refractivity contribution >= 4 is 12.2 Å². The Hall–Kier alpha value is -0.860. The smallest absolute Gasteiger partial charge is 0.223 e. The number of carbonyl (C=O) groups excluding carboxylic acids is 2. The minimum atomic E-state index is 0.0916. The fourth-order valence-electron chi connectivity index (χ4n) is 1.38. The molecule has 0 radical (unpaired) electrons. The quantitative estimate of drug-likeness (QED) is 0.603. The van der Waals surface area contributed by atoms with Gasteiger partial charge >= 0.3 is 0 Å². The van der Waals surface area contributed by atoms with Gasteiger partial charge in [0, 0.05) is 18.9 Å². The highest BCUT2D eigenvalue weighted by Crippen LogP contribution is 2.15. The van der Waals surface area contributed by atoms with Crippen molar-refractivity contribution in [2.24, 2.45) is 5.92 Å². The monoisotopic (exact) mass is 155 g/mol. The lowest BCUT2D eigenvalue weighted by Gasteiger charge is -2.20. The fraction of sp³-hybridized carbons (Fsp3) is 0.750. The number of nitrogens with one attached hydrogen (secondary N) is 1. The summed E-state index contributed by atoms with van der Waals surface area (Å²) in [5.74, 6) is 0.215. The molecule has 1 fully saturated rings. The fourth-order valence-corrected chi connectivity index (χ4v) is 1.38. The van der Waals surface area contributed by atoms with Gasteiger partial charge in [-0.3, -0.25) is 4.79 Å². The summed E-state index contributed by atoms with van der Waals surface area (Å²) in [5.41, 5.74) is 0. The lowest BCUT2D eigenvalue weighted by molar-refractivity contribution is -0.126. The van der Waals surface area contributed by atoms with Gasteiger partial charge in [-0.05, 0) is 19.3 Å². The van der Waals surface area contributed by atoms with Crippen LogP contribution in [0.15, 0.2) is 0 Å². The van der Waals surface area contributed by atoms with Crippen LogP contribution in [0.5, 0.6) is 0 Å². The molecule has 0 aliphatic carbocycles. The van der Waals surface area contributed by atoms with Gasteiger partial charge < -0.3 is 10.1 Å². The highest BCUT2D eigenvalue weighted by atomic mass is 16.2. The van der Waals surface area contributed by atoms with E-state index in [-0.39, 0.29) is 11.8 Å². The molecule has 0 bridgehead atoms. The topological polar surface area (TPSA) is 46.2 Å². The van der Waals surface area contributed by atoms with E-state index in [9.17, 15) is 9.59 Å². The summed E-state index contributed by atoms with van der Waals surface area (Å²) < 4.78 is 0. The molecule has 0 aromatic rings. The van der Waals surface area contributed by atoms with Crippen molar-refractivity contribution in [1.82, 2.24) is 5.32 Å². The number of amides is 1. The summed E-state index contributed by atoms with van der Waals surface area (Å²) >= 11 is 0. The summed E-state index contributed by atoms with van der Waals surface area (Å²) in [7, 11) is 0. The van der Waals surface area contributed by atoms with Crippen LogP contribution in [0.4, 0.5) is 0 Å². The first kappa shape index (κ1) is 8.24. The van der Waals surface area contributed by atoms with Gasteiger partial charge in [0.05, 0.1) is 0 Å². The molecule has 0 aromatic carbocycles. The normalized spacial score (nSPS) is 24.4. The first-order chi connectivity index (χ1) is 5.34. The van der Waals surface area contributed by atoms with E-state index < -0.39 is 0 Å². The zero-order valence-corrected chi connectivity index (χ0v) is 6.51. The minimum absolute atomic E-state index is 0.0916. The summed E-state index contributed by atoms with van der Waals surface area (Å²) in [6.45, 7) is 0.802. The second-order valence-corrected chi connectivity index (χ2v) is 2.87. The number of hydrogen-bond donors (Lipinski definition) is 1. The third-order valence-corrected chi connectivity index (χ3v) is 2.03. The van der Waals surface area contributed by atoms with E-state index in [0.717, 1.165) is 32.1 Å².